The Kier molecular flexibility index (Phi) is 3.40. The smallest absolute Gasteiger partial charge is 0.135 e. The van der Waals surface area contributed by atoms with Crippen LogP contribution in [0.2, 0.25) is 0 Å². The van der Waals surface area contributed by atoms with E-state index in [9.17, 15) is 5.11 Å². The summed E-state index contributed by atoms with van der Waals surface area (Å²) in [6.45, 7) is 2.03. The maximum absolute atomic E-state index is 9.20. The van der Waals surface area contributed by atoms with Crippen molar-refractivity contribution >= 4 is 10.8 Å². The fourth-order valence-corrected chi connectivity index (χ4v) is 2.32. The number of hydrogen-bond donors (Lipinski definition) is 1. The second kappa shape index (κ2) is 5.35. The number of fused-ring (bicyclic) bond motifs is 1. The van der Waals surface area contributed by atoms with E-state index in [0.717, 1.165) is 33.4 Å². The van der Waals surface area contributed by atoms with Crippen molar-refractivity contribution in [2.24, 2.45) is 0 Å². The summed E-state index contributed by atoms with van der Waals surface area (Å²) in [7, 11) is 0. The van der Waals surface area contributed by atoms with E-state index in [1.54, 1.807) is 0 Å². The lowest BCUT2D eigenvalue weighted by Crippen LogP contribution is -1.91. The van der Waals surface area contributed by atoms with Gasteiger partial charge in [-0.1, -0.05) is 42.5 Å². The molecule has 0 aliphatic heterocycles. The highest BCUT2D eigenvalue weighted by molar-refractivity contribution is 5.88. The van der Waals surface area contributed by atoms with Crippen molar-refractivity contribution in [2.75, 3.05) is 0 Å². The van der Waals surface area contributed by atoms with Crippen LogP contribution >= 0.6 is 0 Å². The molecule has 0 bridgehead atoms. The van der Waals surface area contributed by atoms with Crippen LogP contribution in [0.1, 0.15) is 11.1 Å². The normalized spacial score (nSPS) is 10.7. The highest BCUT2D eigenvalue weighted by Gasteiger charge is 2.04. The average Bonchev–Trinajstić information content (AvgIpc) is 2.48. The predicted molar refractivity (Wildman–Crippen MR) is 81.1 cm³/mol. The summed E-state index contributed by atoms with van der Waals surface area (Å²) in [4.78, 5) is 0. The molecule has 0 spiro atoms. The van der Waals surface area contributed by atoms with Crippen molar-refractivity contribution in [3.63, 3.8) is 0 Å². The second-order valence-corrected chi connectivity index (χ2v) is 4.83. The molecule has 3 aromatic rings. The molecule has 0 aromatic heterocycles. The van der Waals surface area contributed by atoms with Gasteiger partial charge < -0.3 is 9.84 Å². The van der Waals surface area contributed by atoms with Gasteiger partial charge in [0, 0.05) is 5.39 Å². The number of aliphatic hydroxyl groups excluding tert-OH is 1. The van der Waals surface area contributed by atoms with Gasteiger partial charge in [-0.25, -0.2) is 0 Å². The molecule has 0 radical (unpaired) electrons. The van der Waals surface area contributed by atoms with E-state index in [1.165, 1.54) is 0 Å². The zero-order valence-electron chi connectivity index (χ0n) is 11.3. The Morgan fingerprint density at radius 1 is 0.950 bits per heavy atom. The lowest BCUT2D eigenvalue weighted by molar-refractivity contribution is 0.281. The molecule has 100 valence electrons. The average molecular weight is 264 g/mol. The minimum absolute atomic E-state index is 0.0559. The number of aliphatic hydroxyl groups is 1. The summed E-state index contributed by atoms with van der Waals surface area (Å²) < 4.78 is 5.99. The maximum Gasteiger partial charge on any atom is 0.135 e. The Hall–Kier alpha value is -2.32. The molecule has 0 aliphatic rings. The summed E-state index contributed by atoms with van der Waals surface area (Å²) in [5.41, 5.74) is 1.96. The molecule has 3 aromatic carbocycles. The van der Waals surface area contributed by atoms with Crippen molar-refractivity contribution in [1.29, 1.82) is 0 Å². The van der Waals surface area contributed by atoms with Gasteiger partial charge in [0.2, 0.25) is 0 Å². The molecule has 0 amide bonds. The van der Waals surface area contributed by atoms with Crippen molar-refractivity contribution in [2.45, 2.75) is 13.5 Å². The molecule has 0 heterocycles. The first-order chi connectivity index (χ1) is 9.78. The van der Waals surface area contributed by atoms with E-state index in [1.807, 2.05) is 49.4 Å². The zero-order chi connectivity index (χ0) is 13.9. The first-order valence-electron chi connectivity index (χ1n) is 6.64. The number of ether oxygens (including phenoxy) is 1. The quantitative estimate of drug-likeness (QED) is 0.758. The molecular weight excluding hydrogens is 248 g/mol. The monoisotopic (exact) mass is 264 g/mol. The highest BCUT2D eigenvalue weighted by Crippen LogP contribution is 2.30. The fraction of sp³-hybridized carbons (Fsp3) is 0.111. The van der Waals surface area contributed by atoms with E-state index in [2.05, 4.69) is 18.2 Å². The van der Waals surface area contributed by atoms with Crippen molar-refractivity contribution < 1.29 is 9.84 Å². The first-order valence-corrected chi connectivity index (χ1v) is 6.64. The Labute approximate surface area is 118 Å². The molecule has 2 nitrogen and oxygen atoms in total. The number of benzene rings is 3. The van der Waals surface area contributed by atoms with Crippen molar-refractivity contribution in [3.8, 4) is 11.5 Å². The van der Waals surface area contributed by atoms with Gasteiger partial charge in [0.15, 0.2) is 0 Å². The minimum Gasteiger partial charge on any atom is -0.457 e. The number of rotatable bonds is 3. The van der Waals surface area contributed by atoms with Crippen LogP contribution in [0.5, 0.6) is 11.5 Å². The molecule has 0 fully saturated rings. The van der Waals surface area contributed by atoms with Crippen LogP contribution in [0.15, 0.2) is 60.7 Å². The molecule has 0 saturated carbocycles. The maximum atomic E-state index is 9.20. The van der Waals surface area contributed by atoms with Crippen molar-refractivity contribution in [3.05, 3.63) is 71.8 Å². The Morgan fingerprint density at radius 2 is 1.75 bits per heavy atom. The van der Waals surface area contributed by atoms with Crippen LogP contribution in [0.3, 0.4) is 0 Å². The lowest BCUT2D eigenvalue weighted by Gasteiger charge is -2.11. The SMILES string of the molecule is Cc1cc(Oc2cccc3ccccc23)ccc1CO. The van der Waals surface area contributed by atoms with E-state index < -0.39 is 0 Å². The second-order valence-electron chi connectivity index (χ2n) is 4.83. The predicted octanol–water partition coefficient (Wildman–Crippen LogP) is 4.43. The Bertz CT molecular complexity index is 742. The molecule has 20 heavy (non-hydrogen) atoms. The van der Waals surface area contributed by atoms with Crippen LogP contribution in [0, 0.1) is 6.92 Å². The van der Waals surface area contributed by atoms with Gasteiger partial charge in [0.05, 0.1) is 6.61 Å². The molecule has 3 rings (SSSR count). The fourth-order valence-electron chi connectivity index (χ4n) is 2.32. The van der Waals surface area contributed by atoms with Crippen molar-refractivity contribution in [1.82, 2.24) is 0 Å². The summed E-state index contributed by atoms with van der Waals surface area (Å²) in [5.74, 6) is 1.63. The zero-order valence-corrected chi connectivity index (χ0v) is 11.3. The highest BCUT2D eigenvalue weighted by atomic mass is 16.5. The topological polar surface area (TPSA) is 29.5 Å². The van der Waals surface area contributed by atoms with Gasteiger partial charge in [-0.15, -0.1) is 0 Å². The largest absolute Gasteiger partial charge is 0.457 e. The van der Waals surface area contributed by atoms with Crippen LogP contribution < -0.4 is 4.74 Å². The van der Waals surface area contributed by atoms with Crippen LogP contribution in [-0.2, 0) is 6.61 Å². The Morgan fingerprint density at radius 3 is 2.55 bits per heavy atom. The van der Waals surface area contributed by atoms with E-state index in [4.69, 9.17) is 4.74 Å². The van der Waals surface area contributed by atoms with Gasteiger partial charge in [-0.3, -0.25) is 0 Å². The Balaban J connectivity index is 1.99. The van der Waals surface area contributed by atoms with Gasteiger partial charge in [0.1, 0.15) is 11.5 Å². The number of hydrogen-bond acceptors (Lipinski definition) is 2. The first kappa shape index (κ1) is 12.7. The van der Waals surface area contributed by atoms with E-state index in [-0.39, 0.29) is 6.61 Å². The molecule has 0 saturated heterocycles. The molecule has 0 aliphatic carbocycles. The third-order valence-electron chi connectivity index (χ3n) is 3.46. The van der Waals surface area contributed by atoms with Gasteiger partial charge in [0.25, 0.3) is 0 Å². The third kappa shape index (κ3) is 2.38. The van der Waals surface area contributed by atoms with E-state index in [0.29, 0.717) is 0 Å². The van der Waals surface area contributed by atoms with Crippen LogP contribution in [0.25, 0.3) is 10.8 Å². The molecular formula is C18H16O2. The molecule has 0 unspecified atom stereocenters. The minimum atomic E-state index is 0.0559. The lowest BCUT2D eigenvalue weighted by atomic mass is 10.1. The molecule has 1 N–H and O–H groups in total. The summed E-state index contributed by atoms with van der Waals surface area (Å²) >= 11 is 0. The summed E-state index contributed by atoms with van der Waals surface area (Å²) in [6.07, 6.45) is 0. The number of aryl methyl sites for hydroxylation is 1. The van der Waals surface area contributed by atoms with Crippen LogP contribution in [-0.4, -0.2) is 5.11 Å². The molecule has 2 heteroatoms. The van der Waals surface area contributed by atoms with Crippen LogP contribution in [0.4, 0.5) is 0 Å². The van der Waals surface area contributed by atoms with Gasteiger partial charge in [-0.2, -0.15) is 0 Å². The van der Waals surface area contributed by atoms with E-state index >= 15 is 0 Å². The van der Waals surface area contributed by atoms with Gasteiger partial charge >= 0.3 is 0 Å². The summed E-state index contributed by atoms with van der Waals surface area (Å²) in [5, 5.41) is 11.5. The molecule has 0 atom stereocenters. The third-order valence-corrected chi connectivity index (χ3v) is 3.46. The summed E-state index contributed by atoms with van der Waals surface area (Å²) in [6, 6.07) is 19.9. The van der Waals surface area contributed by atoms with Gasteiger partial charge in [-0.05, 0) is 41.6 Å². The standard InChI is InChI=1S/C18H16O2/c1-13-11-16(10-9-15(13)12-19)20-18-8-4-6-14-5-2-3-7-17(14)18/h2-11,19H,12H2,1H3.